The number of nitrogens with zero attached hydrogens (tertiary/aromatic N) is 3. The van der Waals surface area contributed by atoms with E-state index in [2.05, 4.69) is 10.4 Å². The fourth-order valence-electron chi connectivity index (χ4n) is 2.51. The standard InChI is InChI=1S/C19H18N4O6S/c1-12-3-5-13(6-4-12)28-11-18-21-22(19(30)29-18)10-17(24)20-15-8-7-14(27-2)9-16(15)23(25)26/h3-9H,10-11H2,1-2H3,(H,20,24). The van der Waals surface area contributed by atoms with Crippen molar-refractivity contribution in [2.75, 3.05) is 12.4 Å². The average molecular weight is 430 g/mol. The zero-order valence-corrected chi connectivity index (χ0v) is 17.0. The Morgan fingerprint density at radius 2 is 1.97 bits per heavy atom. The van der Waals surface area contributed by atoms with E-state index in [1.807, 2.05) is 31.2 Å². The van der Waals surface area contributed by atoms with Gasteiger partial charge >= 0.3 is 0 Å². The fourth-order valence-corrected chi connectivity index (χ4v) is 2.71. The first-order chi connectivity index (χ1) is 14.4. The molecule has 1 amide bonds. The second kappa shape index (κ2) is 9.18. The summed E-state index contributed by atoms with van der Waals surface area (Å²) in [5.41, 5.74) is 0.842. The van der Waals surface area contributed by atoms with Crippen molar-refractivity contribution in [3.63, 3.8) is 0 Å². The van der Waals surface area contributed by atoms with Gasteiger partial charge in [-0.05, 0) is 43.4 Å². The molecule has 0 saturated carbocycles. The van der Waals surface area contributed by atoms with Gasteiger partial charge in [-0.25, -0.2) is 4.68 Å². The lowest BCUT2D eigenvalue weighted by atomic mass is 10.2. The van der Waals surface area contributed by atoms with Crippen LogP contribution in [0.3, 0.4) is 0 Å². The lowest BCUT2D eigenvalue weighted by Gasteiger charge is -2.07. The van der Waals surface area contributed by atoms with Crippen molar-refractivity contribution in [2.24, 2.45) is 0 Å². The van der Waals surface area contributed by atoms with E-state index in [1.165, 1.54) is 30.0 Å². The zero-order valence-electron chi connectivity index (χ0n) is 16.2. The van der Waals surface area contributed by atoms with Crippen LogP contribution in [0.1, 0.15) is 11.5 Å². The van der Waals surface area contributed by atoms with Gasteiger partial charge in [-0.15, -0.1) is 5.10 Å². The van der Waals surface area contributed by atoms with Gasteiger partial charge in [0.2, 0.25) is 5.91 Å². The van der Waals surface area contributed by atoms with Gasteiger partial charge in [0, 0.05) is 0 Å². The molecule has 2 aromatic carbocycles. The third kappa shape index (κ3) is 5.20. The van der Waals surface area contributed by atoms with Crippen LogP contribution in [-0.4, -0.2) is 27.7 Å². The SMILES string of the molecule is COc1ccc(NC(=O)Cn2nc(COc3ccc(C)cc3)oc2=S)c([N+](=O)[O-])c1. The first kappa shape index (κ1) is 21.0. The first-order valence-electron chi connectivity index (χ1n) is 8.74. The van der Waals surface area contributed by atoms with Gasteiger partial charge in [-0.3, -0.25) is 14.9 Å². The minimum Gasteiger partial charge on any atom is -0.496 e. The Morgan fingerprint density at radius 1 is 1.27 bits per heavy atom. The fraction of sp³-hybridized carbons (Fsp3) is 0.211. The van der Waals surface area contributed by atoms with Gasteiger partial charge in [-0.2, -0.15) is 0 Å². The Labute approximate surface area is 176 Å². The van der Waals surface area contributed by atoms with Gasteiger partial charge < -0.3 is 19.2 Å². The van der Waals surface area contributed by atoms with Gasteiger partial charge in [0.15, 0.2) is 6.61 Å². The Balaban J connectivity index is 1.65. The molecule has 0 unspecified atom stereocenters. The largest absolute Gasteiger partial charge is 0.496 e. The molecule has 0 fully saturated rings. The molecule has 0 spiro atoms. The van der Waals surface area contributed by atoms with E-state index in [9.17, 15) is 14.9 Å². The van der Waals surface area contributed by atoms with E-state index in [4.69, 9.17) is 26.1 Å². The number of nitro benzene ring substituents is 1. The lowest BCUT2D eigenvalue weighted by molar-refractivity contribution is -0.384. The van der Waals surface area contributed by atoms with E-state index < -0.39 is 10.8 Å². The van der Waals surface area contributed by atoms with Gasteiger partial charge in [0.1, 0.15) is 23.7 Å². The Morgan fingerprint density at radius 3 is 2.63 bits per heavy atom. The molecule has 156 valence electrons. The molecule has 0 atom stereocenters. The number of anilines is 1. The van der Waals surface area contributed by atoms with E-state index in [0.29, 0.717) is 11.5 Å². The molecular weight excluding hydrogens is 412 g/mol. The number of amides is 1. The molecular formula is C19H18N4O6S. The lowest BCUT2D eigenvalue weighted by Crippen LogP contribution is -2.20. The predicted molar refractivity (Wildman–Crippen MR) is 109 cm³/mol. The number of carbonyl (C=O) groups is 1. The molecule has 3 rings (SSSR count). The summed E-state index contributed by atoms with van der Waals surface area (Å²) in [6.07, 6.45) is 0. The third-order valence-electron chi connectivity index (χ3n) is 4.00. The summed E-state index contributed by atoms with van der Waals surface area (Å²) < 4.78 is 17.1. The number of aryl methyl sites for hydroxylation is 1. The highest BCUT2D eigenvalue weighted by molar-refractivity contribution is 7.71. The summed E-state index contributed by atoms with van der Waals surface area (Å²) in [5, 5.41) is 17.8. The van der Waals surface area contributed by atoms with E-state index >= 15 is 0 Å². The van der Waals surface area contributed by atoms with Crippen LogP contribution in [0.4, 0.5) is 11.4 Å². The van der Waals surface area contributed by atoms with Crippen LogP contribution < -0.4 is 14.8 Å². The predicted octanol–water partition coefficient (Wildman–Crippen LogP) is 3.65. The molecule has 0 radical (unpaired) electrons. The van der Waals surface area contributed by atoms with Crippen LogP contribution in [-0.2, 0) is 17.9 Å². The van der Waals surface area contributed by atoms with E-state index in [0.717, 1.165) is 5.56 Å². The summed E-state index contributed by atoms with van der Waals surface area (Å²) in [6, 6.07) is 11.6. The quantitative estimate of drug-likeness (QED) is 0.326. The van der Waals surface area contributed by atoms with Crippen molar-refractivity contribution >= 4 is 29.5 Å². The van der Waals surface area contributed by atoms with Crippen LogP contribution in [0.5, 0.6) is 11.5 Å². The summed E-state index contributed by atoms with van der Waals surface area (Å²) >= 11 is 5.08. The summed E-state index contributed by atoms with van der Waals surface area (Å²) in [4.78, 5) is 22.9. The van der Waals surface area contributed by atoms with Crippen molar-refractivity contribution in [1.82, 2.24) is 9.78 Å². The molecule has 0 aliphatic rings. The van der Waals surface area contributed by atoms with Crippen molar-refractivity contribution in [1.29, 1.82) is 0 Å². The summed E-state index contributed by atoms with van der Waals surface area (Å²) in [6.45, 7) is 1.72. The van der Waals surface area contributed by atoms with Crippen LogP contribution in [0, 0.1) is 21.9 Å². The van der Waals surface area contributed by atoms with Crippen LogP contribution in [0.2, 0.25) is 0 Å². The maximum Gasteiger partial charge on any atom is 0.296 e. The van der Waals surface area contributed by atoms with E-state index in [1.54, 1.807) is 0 Å². The average Bonchev–Trinajstić information content (AvgIpc) is 3.06. The van der Waals surface area contributed by atoms with Crippen molar-refractivity contribution in [3.05, 3.63) is 68.9 Å². The molecule has 3 aromatic rings. The number of methoxy groups -OCH3 is 1. The Kier molecular flexibility index (Phi) is 6.42. The monoisotopic (exact) mass is 430 g/mol. The van der Waals surface area contributed by atoms with E-state index in [-0.39, 0.29) is 35.3 Å². The molecule has 1 heterocycles. The molecule has 0 aliphatic carbocycles. The molecule has 1 N–H and O–H groups in total. The third-order valence-corrected chi connectivity index (χ3v) is 4.29. The number of ether oxygens (including phenoxy) is 2. The highest BCUT2D eigenvalue weighted by Crippen LogP contribution is 2.28. The molecule has 0 bridgehead atoms. The molecule has 11 heteroatoms. The van der Waals surface area contributed by atoms with Crippen LogP contribution in [0.15, 0.2) is 46.9 Å². The van der Waals surface area contributed by atoms with Crippen LogP contribution in [0.25, 0.3) is 0 Å². The molecule has 10 nitrogen and oxygen atoms in total. The molecule has 0 aliphatic heterocycles. The van der Waals surface area contributed by atoms with Gasteiger partial charge in [-0.1, -0.05) is 17.7 Å². The Bertz CT molecular complexity index is 1120. The normalized spacial score (nSPS) is 10.5. The first-order valence-corrected chi connectivity index (χ1v) is 9.15. The van der Waals surface area contributed by atoms with Gasteiger partial charge in [0.25, 0.3) is 16.4 Å². The second-order valence-electron chi connectivity index (χ2n) is 6.21. The topological polar surface area (TPSA) is 122 Å². The number of rotatable bonds is 8. The number of hydrogen-bond donors (Lipinski definition) is 1. The molecule has 1 aromatic heterocycles. The van der Waals surface area contributed by atoms with Crippen molar-refractivity contribution in [2.45, 2.75) is 20.1 Å². The molecule has 0 saturated heterocycles. The highest BCUT2D eigenvalue weighted by atomic mass is 32.1. The van der Waals surface area contributed by atoms with Crippen molar-refractivity contribution < 1.29 is 23.6 Å². The Hall–Kier alpha value is -3.73. The number of nitrogens with one attached hydrogen (secondary N) is 1. The van der Waals surface area contributed by atoms with Gasteiger partial charge in [0.05, 0.1) is 18.1 Å². The highest BCUT2D eigenvalue weighted by Gasteiger charge is 2.18. The second-order valence-corrected chi connectivity index (χ2v) is 6.56. The summed E-state index contributed by atoms with van der Waals surface area (Å²) in [5.74, 6) is 0.583. The van der Waals surface area contributed by atoms with Crippen molar-refractivity contribution in [3.8, 4) is 11.5 Å². The number of carbonyl (C=O) groups excluding carboxylic acids is 1. The zero-order chi connectivity index (χ0) is 21.7. The smallest absolute Gasteiger partial charge is 0.296 e. The molecule has 30 heavy (non-hydrogen) atoms. The minimum atomic E-state index is -0.611. The summed E-state index contributed by atoms with van der Waals surface area (Å²) in [7, 11) is 1.39. The maximum atomic E-state index is 12.3. The minimum absolute atomic E-state index is 0.0168. The number of nitro groups is 1. The van der Waals surface area contributed by atoms with Crippen LogP contribution >= 0.6 is 12.2 Å². The maximum absolute atomic E-state index is 12.3. The number of benzene rings is 2. The number of aromatic nitrogens is 2. The number of hydrogen-bond acceptors (Lipinski definition) is 8.